The zero-order valence-electron chi connectivity index (χ0n) is 22.5. The molecule has 2 amide bonds. The molecule has 218 valence electrons. The normalized spacial score (nSPS) is 14.7. The minimum Gasteiger partial charge on any atom is -0.484 e. The van der Waals surface area contributed by atoms with Crippen LogP contribution in [0.2, 0.25) is 10.0 Å². The third-order valence-corrected chi connectivity index (χ3v) is 9.02. The van der Waals surface area contributed by atoms with Gasteiger partial charge < -0.3 is 19.7 Å². The molecule has 1 atom stereocenters. The van der Waals surface area contributed by atoms with Crippen LogP contribution in [0.15, 0.2) is 77.7 Å². The van der Waals surface area contributed by atoms with Crippen molar-refractivity contribution in [2.75, 3.05) is 32.9 Å². The molecule has 3 aromatic carbocycles. The van der Waals surface area contributed by atoms with E-state index in [9.17, 15) is 18.0 Å². The number of nitrogens with one attached hydrogen (secondary N) is 1. The molecule has 1 heterocycles. The van der Waals surface area contributed by atoms with Gasteiger partial charge in [-0.25, -0.2) is 8.42 Å². The van der Waals surface area contributed by atoms with Crippen LogP contribution < -0.4 is 10.1 Å². The molecule has 0 bridgehead atoms. The van der Waals surface area contributed by atoms with Crippen LogP contribution in [0.4, 0.5) is 0 Å². The molecule has 12 heteroatoms. The van der Waals surface area contributed by atoms with E-state index < -0.39 is 22.0 Å². The van der Waals surface area contributed by atoms with Crippen molar-refractivity contribution in [3.63, 3.8) is 0 Å². The van der Waals surface area contributed by atoms with Crippen molar-refractivity contribution in [2.45, 2.75) is 31.0 Å². The van der Waals surface area contributed by atoms with Gasteiger partial charge >= 0.3 is 0 Å². The zero-order chi connectivity index (χ0) is 29.4. The van der Waals surface area contributed by atoms with Crippen LogP contribution in [0.3, 0.4) is 0 Å². The topological polar surface area (TPSA) is 105 Å². The summed E-state index contributed by atoms with van der Waals surface area (Å²) in [5.74, 6) is -0.426. The average molecular weight is 621 g/mol. The molecule has 1 aliphatic rings. The first-order valence-corrected chi connectivity index (χ1v) is 15.2. The Hall–Kier alpha value is -3.15. The number of rotatable bonds is 11. The van der Waals surface area contributed by atoms with Crippen molar-refractivity contribution in [2.24, 2.45) is 0 Å². The van der Waals surface area contributed by atoms with Gasteiger partial charge in [0.05, 0.1) is 18.1 Å². The van der Waals surface area contributed by atoms with Gasteiger partial charge in [-0.05, 0) is 66.6 Å². The molecule has 1 N–H and O–H groups in total. The van der Waals surface area contributed by atoms with Gasteiger partial charge in [0.1, 0.15) is 11.8 Å². The van der Waals surface area contributed by atoms with E-state index in [1.165, 1.54) is 33.5 Å². The van der Waals surface area contributed by atoms with Gasteiger partial charge in [-0.2, -0.15) is 4.31 Å². The average Bonchev–Trinajstić information content (AvgIpc) is 2.99. The molecule has 0 aromatic heterocycles. The first-order valence-electron chi connectivity index (χ1n) is 13.0. The molecule has 0 spiro atoms. The largest absolute Gasteiger partial charge is 0.484 e. The zero-order valence-corrected chi connectivity index (χ0v) is 24.8. The Morgan fingerprint density at radius 2 is 1.49 bits per heavy atom. The van der Waals surface area contributed by atoms with Crippen molar-refractivity contribution in [3.8, 4) is 5.75 Å². The Labute approximate surface area is 250 Å². The minimum atomic E-state index is -3.65. The number of ether oxygens (including phenoxy) is 2. The van der Waals surface area contributed by atoms with Gasteiger partial charge in [-0.1, -0.05) is 47.5 Å². The molecule has 3 aromatic rings. The van der Waals surface area contributed by atoms with Crippen LogP contribution in [-0.4, -0.2) is 68.4 Å². The number of morpholine rings is 1. The standard InChI is InChI=1S/C29H31Cl2N3O6S/c1-21(29(36)32-18-22-2-6-24(30)7-3-22)34(19-23-4-8-25(31)9-5-23)28(35)20-40-26-10-12-27(13-11-26)41(37,38)33-14-16-39-17-15-33/h2-13,21H,14-20H2,1H3,(H,32,36). The lowest BCUT2D eigenvalue weighted by molar-refractivity contribution is -0.142. The van der Waals surface area contributed by atoms with Gasteiger partial charge in [0.25, 0.3) is 5.91 Å². The summed E-state index contributed by atoms with van der Waals surface area (Å²) in [6.45, 7) is 3.03. The molecule has 1 saturated heterocycles. The third-order valence-electron chi connectivity index (χ3n) is 6.61. The lowest BCUT2D eigenvalue weighted by atomic mass is 10.1. The van der Waals surface area contributed by atoms with E-state index in [2.05, 4.69) is 5.32 Å². The predicted octanol–water partition coefficient (Wildman–Crippen LogP) is 4.13. The van der Waals surface area contributed by atoms with Crippen molar-refractivity contribution in [1.82, 2.24) is 14.5 Å². The second kappa shape index (κ2) is 14.2. The Bertz CT molecular complexity index is 1430. The second-order valence-electron chi connectivity index (χ2n) is 9.44. The first-order chi connectivity index (χ1) is 19.6. The smallest absolute Gasteiger partial charge is 0.261 e. The first kappa shape index (κ1) is 30.8. The van der Waals surface area contributed by atoms with Crippen LogP contribution >= 0.6 is 23.2 Å². The minimum absolute atomic E-state index is 0.133. The summed E-state index contributed by atoms with van der Waals surface area (Å²) in [5, 5.41) is 4.02. The highest BCUT2D eigenvalue weighted by molar-refractivity contribution is 7.89. The number of carbonyl (C=O) groups is 2. The van der Waals surface area contributed by atoms with Gasteiger partial charge in [0.15, 0.2) is 6.61 Å². The van der Waals surface area contributed by atoms with E-state index in [4.69, 9.17) is 32.7 Å². The number of carbonyl (C=O) groups excluding carboxylic acids is 2. The fraction of sp³-hybridized carbons (Fsp3) is 0.310. The molecule has 0 aliphatic carbocycles. The van der Waals surface area contributed by atoms with Crippen molar-refractivity contribution in [1.29, 1.82) is 0 Å². The maximum absolute atomic E-state index is 13.3. The fourth-order valence-corrected chi connectivity index (χ4v) is 5.84. The Balaban J connectivity index is 1.41. The monoisotopic (exact) mass is 619 g/mol. The van der Waals surface area contributed by atoms with Crippen molar-refractivity contribution >= 4 is 45.0 Å². The number of hydrogen-bond acceptors (Lipinski definition) is 6. The number of hydrogen-bond donors (Lipinski definition) is 1. The highest BCUT2D eigenvalue weighted by Crippen LogP contribution is 2.21. The summed E-state index contributed by atoms with van der Waals surface area (Å²) >= 11 is 12.0. The summed E-state index contributed by atoms with van der Waals surface area (Å²) in [5.41, 5.74) is 1.66. The maximum atomic E-state index is 13.3. The summed E-state index contributed by atoms with van der Waals surface area (Å²) < 4.78 is 38.0. The van der Waals surface area contributed by atoms with Crippen LogP contribution in [0.1, 0.15) is 18.1 Å². The fourth-order valence-electron chi connectivity index (χ4n) is 4.18. The van der Waals surface area contributed by atoms with Gasteiger partial charge in [-0.15, -0.1) is 0 Å². The van der Waals surface area contributed by atoms with Crippen LogP contribution in [0.5, 0.6) is 5.75 Å². The molecule has 1 aliphatic heterocycles. The molecular weight excluding hydrogens is 589 g/mol. The highest BCUT2D eigenvalue weighted by Gasteiger charge is 2.28. The van der Waals surface area contributed by atoms with E-state index in [0.29, 0.717) is 42.1 Å². The molecule has 41 heavy (non-hydrogen) atoms. The van der Waals surface area contributed by atoms with Crippen LogP contribution in [0.25, 0.3) is 0 Å². The second-order valence-corrected chi connectivity index (χ2v) is 12.3. The lowest BCUT2D eigenvalue weighted by Gasteiger charge is -2.29. The van der Waals surface area contributed by atoms with E-state index in [1.54, 1.807) is 43.3 Å². The Morgan fingerprint density at radius 3 is 2.07 bits per heavy atom. The van der Waals surface area contributed by atoms with Crippen LogP contribution in [-0.2, 0) is 37.4 Å². The number of sulfonamides is 1. The number of halogens is 2. The molecule has 1 fully saturated rings. The van der Waals surface area contributed by atoms with Gasteiger partial charge in [0, 0.05) is 36.2 Å². The van der Waals surface area contributed by atoms with Gasteiger partial charge in [-0.3, -0.25) is 9.59 Å². The highest BCUT2D eigenvalue weighted by atomic mass is 35.5. The van der Waals surface area contributed by atoms with E-state index in [-0.39, 0.29) is 30.5 Å². The summed E-state index contributed by atoms with van der Waals surface area (Å²) in [7, 11) is -3.65. The molecule has 1 unspecified atom stereocenters. The number of amides is 2. The van der Waals surface area contributed by atoms with Crippen molar-refractivity contribution in [3.05, 3.63) is 94.0 Å². The van der Waals surface area contributed by atoms with Crippen molar-refractivity contribution < 1.29 is 27.5 Å². The summed E-state index contributed by atoms with van der Waals surface area (Å²) in [6.07, 6.45) is 0. The molecule has 0 saturated carbocycles. The SMILES string of the molecule is CC(C(=O)NCc1ccc(Cl)cc1)N(Cc1ccc(Cl)cc1)C(=O)COc1ccc(S(=O)(=O)N2CCOCC2)cc1. The Kier molecular flexibility index (Phi) is 10.6. The van der Waals surface area contributed by atoms with E-state index >= 15 is 0 Å². The Morgan fingerprint density at radius 1 is 0.927 bits per heavy atom. The van der Waals surface area contributed by atoms with Gasteiger partial charge in [0.2, 0.25) is 15.9 Å². The van der Waals surface area contributed by atoms with Crippen LogP contribution in [0, 0.1) is 0 Å². The van der Waals surface area contributed by atoms with E-state index in [1.807, 2.05) is 12.1 Å². The quantitative estimate of drug-likeness (QED) is 0.346. The number of benzene rings is 3. The van der Waals surface area contributed by atoms with E-state index in [0.717, 1.165) is 11.1 Å². The number of nitrogens with zero attached hydrogens (tertiary/aromatic N) is 2. The third kappa shape index (κ3) is 8.43. The molecule has 4 rings (SSSR count). The lowest BCUT2D eigenvalue weighted by Crippen LogP contribution is -2.48. The molecule has 9 nitrogen and oxygen atoms in total. The summed E-state index contributed by atoms with van der Waals surface area (Å²) in [4.78, 5) is 28.0. The maximum Gasteiger partial charge on any atom is 0.261 e. The molecular formula is C29H31Cl2N3O6S. The summed E-state index contributed by atoms with van der Waals surface area (Å²) in [6, 6.07) is 19.2. The molecule has 0 radical (unpaired) electrons. The predicted molar refractivity (Wildman–Crippen MR) is 156 cm³/mol.